The lowest BCUT2D eigenvalue weighted by molar-refractivity contribution is -0.185. The first kappa shape index (κ1) is 26.6. The lowest BCUT2D eigenvalue weighted by Crippen LogP contribution is -2.45. The number of benzene rings is 2. The number of hydrogen-bond donors (Lipinski definition) is 1. The number of anilines is 1. The first-order valence-electron chi connectivity index (χ1n) is 11.6. The van der Waals surface area contributed by atoms with Crippen molar-refractivity contribution >= 4 is 5.69 Å². The van der Waals surface area contributed by atoms with Gasteiger partial charge < -0.3 is 10.2 Å². The van der Waals surface area contributed by atoms with Crippen LogP contribution in [0.5, 0.6) is 0 Å². The molecule has 1 fully saturated rings. The van der Waals surface area contributed by atoms with E-state index in [1.54, 1.807) is 12.1 Å². The molecule has 0 aromatic heterocycles. The topological polar surface area (TPSA) is 15.3 Å². The summed E-state index contributed by atoms with van der Waals surface area (Å²) in [7, 11) is 0. The fourth-order valence-electron chi connectivity index (χ4n) is 5.22. The van der Waals surface area contributed by atoms with Crippen LogP contribution in [0.25, 0.3) is 0 Å². The van der Waals surface area contributed by atoms with Crippen molar-refractivity contribution in [3.05, 3.63) is 64.2 Å². The normalized spacial score (nSPS) is 22.8. The molecule has 2 aliphatic rings. The van der Waals surface area contributed by atoms with Crippen LogP contribution in [0.1, 0.15) is 60.0 Å². The van der Waals surface area contributed by atoms with Gasteiger partial charge >= 0.3 is 18.5 Å². The zero-order valence-electron chi connectivity index (χ0n) is 19.3. The Balaban J connectivity index is 1.71. The Bertz CT molecular complexity index is 1070. The Labute approximate surface area is 202 Å². The van der Waals surface area contributed by atoms with Crippen LogP contribution in [0.4, 0.5) is 45.2 Å². The van der Waals surface area contributed by atoms with E-state index >= 15 is 0 Å². The van der Waals surface area contributed by atoms with Crippen LogP contribution in [0.15, 0.2) is 36.4 Å². The highest BCUT2D eigenvalue weighted by molar-refractivity contribution is 5.56. The summed E-state index contributed by atoms with van der Waals surface area (Å²) in [6.07, 6.45) is -13.7. The second kappa shape index (κ2) is 9.15. The number of alkyl halides is 9. The maximum Gasteiger partial charge on any atom is 0.416 e. The zero-order valence-corrected chi connectivity index (χ0v) is 19.3. The van der Waals surface area contributed by atoms with Gasteiger partial charge in [-0.3, -0.25) is 0 Å². The van der Waals surface area contributed by atoms with Crippen molar-refractivity contribution in [2.24, 2.45) is 0 Å². The number of halogens is 9. The minimum Gasteiger partial charge on any atom is -0.370 e. The van der Waals surface area contributed by atoms with E-state index in [-0.39, 0.29) is 30.8 Å². The molecule has 1 N–H and O–H groups in total. The maximum absolute atomic E-state index is 14.4. The van der Waals surface area contributed by atoms with Gasteiger partial charge in [0.2, 0.25) is 0 Å². The van der Waals surface area contributed by atoms with E-state index in [1.807, 2.05) is 13.0 Å². The molecule has 4 rings (SSSR count). The third-order valence-electron chi connectivity index (χ3n) is 7.16. The van der Waals surface area contributed by atoms with Crippen LogP contribution in [-0.4, -0.2) is 25.8 Å². The third-order valence-corrected chi connectivity index (χ3v) is 7.16. The molecule has 0 spiro atoms. The highest BCUT2D eigenvalue weighted by atomic mass is 19.4. The van der Waals surface area contributed by atoms with E-state index in [4.69, 9.17) is 0 Å². The molecule has 198 valence electrons. The number of fused-ring (bicyclic) bond motifs is 1. The quantitative estimate of drug-likeness (QED) is 0.410. The van der Waals surface area contributed by atoms with Crippen molar-refractivity contribution in [1.29, 1.82) is 0 Å². The molecule has 1 saturated heterocycles. The number of nitrogens with one attached hydrogen (secondary N) is 1. The van der Waals surface area contributed by atoms with Gasteiger partial charge in [0.15, 0.2) is 0 Å². The summed E-state index contributed by atoms with van der Waals surface area (Å²) in [6.45, 7) is 1.93. The Morgan fingerprint density at radius 3 is 2.11 bits per heavy atom. The van der Waals surface area contributed by atoms with E-state index in [9.17, 15) is 39.5 Å². The van der Waals surface area contributed by atoms with Crippen LogP contribution in [0, 0.1) is 0 Å². The molecule has 0 radical (unpaired) electrons. The number of aryl methyl sites for hydroxylation is 1. The van der Waals surface area contributed by atoms with Gasteiger partial charge in [-0.25, -0.2) is 0 Å². The van der Waals surface area contributed by atoms with Gasteiger partial charge in [-0.15, -0.1) is 0 Å². The van der Waals surface area contributed by atoms with Crippen LogP contribution in [0.2, 0.25) is 0 Å². The van der Waals surface area contributed by atoms with Crippen molar-refractivity contribution in [3.8, 4) is 0 Å². The summed E-state index contributed by atoms with van der Waals surface area (Å²) in [6, 6.07) is 5.70. The molecular formula is C25H25F9N2. The Morgan fingerprint density at radius 1 is 0.917 bits per heavy atom. The fourth-order valence-corrected chi connectivity index (χ4v) is 5.22. The van der Waals surface area contributed by atoms with E-state index in [0.29, 0.717) is 5.69 Å². The van der Waals surface area contributed by atoms with Gasteiger partial charge in [0.1, 0.15) is 5.41 Å². The Morgan fingerprint density at radius 2 is 1.56 bits per heavy atom. The number of rotatable bonds is 5. The minimum atomic E-state index is -5.23. The molecule has 2 aromatic rings. The largest absolute Gasteiger partial charge is 0.416 e. The molecule has 0 saturated carbocycles. The summed E-state index contributed by atoms with van der Waals surface area (Å²) in [5.74, 6) is 0. The number of nitrogens with zero attached hydrogens (tertiary/aromatic N) is 1. The predicted molar refractivity (Wildman–Crippen MR) is 117 cm³/mol. The smallest absolute Gasteiger partial charge is 0.370 e. The molecule has 0 amide bonds. The molecular weight excluding hydrogens is 499 g/mol. The van der Waals surface area contributed by atoms with Crippen molar-refractivity contribution < 1.29 is 39.5 Å². The third kappa shape index (κ3) is 4.90. The maximum atomic E-state index is 14.4. The van der Waals surface area contributed by atoms with Gasteiger partial charge in [-0.1, -0.05) is 13.0 Å². The molecule has 36 heavy (non-hydrogen) atoms. The van der Waals surface area contributed by atoms with E-state index < -0.39 is 53.6 Å². The fraction of sp³-hybridized carbons (Fsp3) is 0.520. The molecule has 11 heteroatoms. The van der Waals surface area contributed by atoms with Gasteiger partial charge in [-0.05, 0) is 79.3 Å². The highest BCUT2D eigenvalue weighted by Gasteiger charge is 2.60. The minimum absolute atomic E-state index is 0.146. The SMILES string of the molecule is CCCNC1CCc2cc(N3CCC(c4cc(C(F)(F)F)cc(C(F)(F)F)c4)(C(F)(F)F)C3)ccc21. The van der Waals surface area contributed by atoms with Gasteiger partial charge in [0.25, 0.3) is 0 Å². The summed E-state index contributed by atoms with van der Waals surface area (Å²) in [5.41, 5.74) is -4.90. The highest BCUT2D eigenvalue weighted by Crippen LogP contribution is 2.51. The summed E-state index contributed by atoms with van der Waals surface area (Å²) in [5, 5.41) is 3.42. The molecule has 0 bridgehead atoms. The first-order chi connectivity index (χ1) is 16.7. The van der Waals surface area contributed by atoms with Crippen molar-refractivity contribution in [1.82, 2.24) is 5.32 Å². The second-order valence-corrected chi connectivity index (χ2v) is 9.47. The summed E-state index contributed by atoms with van der Waals surface area (Å²) >= 11 is 0. The molecule has 2 aromatic carbocycles. The van der Waals surface area contributed by atoms with Crippen LogP contribution < -0.4 is 10.2 Å². The van der Waals surface area contributed by atoms with E-state index in [2.05, 4.69) is 5.32 Å². The van der Waals surface area contributed by atoms with E-state index in [0.717, 1.165) is 36.9 Å². The predicted octanol–water partition coefficient (Wildman–Crippen LogP) is 7.42. The van der Waals surface area contributed by atoms with Crippen LogP contribution in [-0.2, 0) is 24.2 Å². The summed E-state index contributed by atoms with van der Waals surface area (Å²) < 4.78 is 123. The number of hydrogen-bond acceptors (Lipinski definition) is 2. The molecule has 1 aliphatic heterocycles. The zero-order chi connectivity index (χ0) is 26.5. The monoisotopic (exact) mass is 524 g/mol. The lowest BCUT2D eigenvalue weighted by atomic mass is 9.77. The Hall–Kier alpha value is -2.43. The standard InChI is InChI=1S/C25H25F9N2/c1-2-8-35-21-6-3-15-10-19(4-5-20(15)21)36-9-7-22(14-36,25(32,33)34)16-11-17(23(26,27)28)13-18(12-16)24(29,30)31/h4-5,10-13,21,35H,2-3,6-9,14H2,1H3. The van der Waals surface area contributed by atoms with Crippen LogP contribution in [0.3, 0.4) is 0 Å². The average molecular weight is 524 g/mol. The first-order valence-corrected chi connectivity index (χ1v) is 11.6. The second-order valence-electron chi connectivity index (χ2n) is 9.47. The van der Waals surface area contributed by atoms with Crippen molar-refractivity contribution in [2.75, 3.05) is 24.5 Å². The molecule has 2 nitrogen and oxygen atoms in total. The van der Waals surface area contributed by atoms with Crippen LogP contribution >= 0.6 is 0 Å². The average Bonchev–Trinajstić information content (AvgIpc) is 3.41. The molecule has 2 atom stereocenters. The van der Waals surface area contributed by atoms with Crippen molar-refractivity contribution in [3.63, 3.8) is 0 Å². The molecule has 1 aliphatic carbocycles. The Kier molecular flexibility index (Phi) is 6.77. The van der Waals surface area contributed by atoms with Gasteiger partial charge in [0.05, 0.1) is 11.1 Å². The van der Waals surface area contributed by atoms with Gasteiger partial charge in [-0.2, -0.15) is 39.5 Å². The van der Waals surface area contributed by atoms with E-state index in [1.165, 1.54) is 4.90 Å². The van der Waals surface area contributed by atoms with Gasteiger partial charge in [0, 0.05) is 24.8 Å². The summed E-state index contributed by atoms with van der Waals surface area (Å²) in [4.78, 5) is 1.40. The lowest BCUT2D eigenvalue weighted by Gasteiger charge is -2.33. The molecule has 1 heterocycles. The molecule has 2 unspecified atom stereocenters. The van der Waals surface area contributed by atoms with Crippen molar-refractivity contribution in [2.45, 2.75) is 62.6 Å².